The molecule has 26 heavy (non-hydrogen) atoms. The highest BCUT2D eigenvalue weighted by Gasteiger charge is 2.13. The largest absolute Gasteiger partial charge is 0.356 e. The van der Waals surface area contributed by atoms with Crippen molar-refractivity contribution in [2.24, 2.45) is 0 Å². The van der Waals surface area contributed by atoms with Gasteiger partial charge in [0.2, 0.25) is 5.91 Å². The van der Waals surface area contributed by atoms with E-state index in [2.05, 4.69) is 10.5 Å². The van der Waals surface area contributed by atoms with Crippen molar-refractivity contribution in [2.45, 2.75) is 13.3 Å². The van der Waals surface area contributed by atoms with E-state index in [4.69, 9.17) is 4.52 Å². The number of aromatic nitrogens is 1. The summed E-state index contributed by atoms with van der Waals surface area (Å²) >= 11 is 0. The predicted octanol–water partition coefficient (Wildman–Crippen LogP) is 3.88. The first kappa shape index (κ1) is 17.3. The lowest BCUT2D eigenvalue weighted by Gasteiger charge is -2.07. The average Bonchev–Trinajstić information content (AvgIpc) is 3.05. The smallest absolute Gasteiger partial charge is 0.269 e. The number of carbonyl (C=O) groups is 1. The summed E-state index contributed by atoms with van der Waals surface area (Å²) in [7, 11) is 0. The number of non-ortho nitro benzene ring substituents is 1. The van der Waals surface area contributed by atoms with E-state index < -0.39 is 4.92 Å². The second kappa shape index (κ2) is 7.14. The molecular weight excluding hydrogens is 341 g/mol. The van der Waals surface area contributed by atoms with Crippen LogP contribution in [0.15, 0.2) is 53.1 Å². The van der Waals surface area contributed by atoms with Crippen molar-refractivity contribution >= 4 is 17.3 Å². The molecule has 0 saturated carbocycles. The first-order chi connectivity index (χ1) is 12.4. The Hall–Kier alpha value is -3.55. The van der Waals surface area contributed by atoms with Crippen LogP contribution in [0.25, 0.3) is 11.3 Å². The Kier molecular flexibility index (Phi) is 4.74. The summed E-state index contributed by atoms with van der Waals surface area (Å²) in [6, 6.07) is 11.5. The van der Waals surface area contributed by atoms with E-state index in [-0.39, 0.29) is 23.8 Å². The summed E-state index contributed by atoms with van der Waals surface area (Å²) in [6.07, 6.45) is -0.0267. The third kappa shape index (κ3) is 3.92. The van der Waals surface area contributed by atoms with Gasteiger partial charge in [-0.1, -0.05) is 5.16 Å². The van der Waals surface area contributed by atoms with Gasteiger partial charge in [-0.3, -0.25) is 14.9 Å². The van der Waals surface area contributed by atoms with Gasteiger partial charge < -0.3 is 9.84 Å². The zero-order valence-corrected chi connectivity index (χ0v) is 13.7. The molecule has 3 aromatic rings. The van der Waals surface area contributed by atoms with Gasteiger partial charge in [-0.2, -0.15) is 0 Å². The molecule has 0 aliphatic carbocycles. The third-order valence-electron chi connectivity index (χ3n) is 3.72. The number of carbonyl (C=O) groups excluding carboxylic acids is 1. The van der Waals surface area contributed by atoms with Gasteiger partial charge in [0.25, 0.3) is 5.69 Å². The fourth-order valence-electron chi connectivity index (χ4n) is 2.41. The van der Waals surface area contributed by atoms with Gasteiger partial charge in [-0.05, 0) is 42.8 Å². The van der Waals surface area contributed by atoms with Gasteiger partial charge >= 0.3 is 0 Å². The van der Waals surface area contributed by atoms with Crippen LogP contribution in [0.3, 0.4) is 0 Å². The molecule has 0 saturated heterocycles. The summed E-state index contributed by atoms with van der Waals surface area (Å²) in [5, 5.41) is 17.3. The lowest BCUT2D eigenvalue weighted by Crippen LogP contribution is -2.15. The van der Waals surface area contributed by atoms with E-state index in [1.165, 1.54) is 30.3 Å². The van der Waals surface area contributed by atoms with Gasteiger partial charge in [-0.15, -0.1) is 0 Å². The van der Waals surface area contributed by atoms with E-state index >= 15 is 0 Å². The second-order valence-electron chi connectivity index (χ2n) is 5.67. The average molecular weight is 355 g/mol. The highest BCUT2D eigenvalue weighted by atomic mass is 19.1. The van der Waals surface area contributed by atoms with Crippen molar-refractivity contribution in [3.05, 3.63) is 75.7 Å². The van der Waals surface area contributed by atoms with E-state index in [0.29, 0.717) is 28.3 Å². The Balaban J connectivity index is 1.67. The lowest BCUT2D eigenvalue weighted by molar-refractivity contribution is -0.384. The molecule has 3 rings (SSSR count). The second-order valence-corrected chi connectivity index (χ2v) is 5.67. The number of nitro groups is 1. The predicted molar refractivity (Wildman–Crippen MR) is 92.1 cm³/mol. The molecule has 2 aromatic carbocycles. The number of nitro benzene ring substituents is 1. The molecular formula is C18H14FN3O4. The number of nitrogens with zero attached hydrogens (tertiary/aromatic N) is 2. The minimum atomic E-state index is -0.495. The van der Waals surface area contributed by atoms with Crippen molar-refractivity contribution in [2.75, 3.05) is 5.32 Å². The molecule has 0 fully saturated rings. The maximum absolute atomic E-state index is 13.0. The molecule has 0 aliphatic heterocycles. The number of amides is 1. The van der Waals surface area contributed by atoms with Gasteiger partial charge in [0, 0.05) is 29.4 Å². The zero-order valence-electron chi connectivity index (χ0n) is 13.7. The fourth-order valence-corrected chi connectivity index (χ4v) is 2.41. The lowest BCUT2D eigenvalue weighted by atomic mass is 10.1. The van der Waals surface area contributed by atoms with Crippen LogP contribution in [0.1, 0.15) is 11.3 Å². The molecule has 7 nitrogen and oxygen atoms in total. The Labute approximate surface area is 147 Å². The standard InChI is InChI=1S/C18H14FN3O4/c1-11-8-15(22(24)25)6-7-16(11)20-18(23)10-14-9-17(26-21-14)12-2-4-13(19)5-3-12/h2-9H,10H2,1H3,(H,20,23). The maximum atomic E-state index is 13.0. The number of benzene rings is 2. The molecule has 1 amide bonds. The maximum Gasteiger partial charge on any atom is 0.269 e. The van der Waals surface area contributed by atoms with Crippen molar-refractivity contribution in [1.82, 2.24) is 5.16 Å². The van der Waals surface area contributed by atoms with E-state index in [1.807, 2.05) is 0 Å². The summed E-state index contributed by atoms with van der Waals surface area (Å²) < 4.78 is 18.1. The topological polar surface area (TPSA) is 98.3 Å². The Morgan fingerprint density at radius 1 is 1.23 bits per heavy atom. The summed E-state index contributed by atoms with van der Waals surface area (Å²) in [4.78, 5) is 22.4. The van der Waals surface area contributed by atoms with Crippen molar-refractivity contribution in [3.8, 4) is 11.3 Å². The third-order valence-corrected chi connectivity index (χ3v) is 3.72. The van der Waals surface area contributed by atoms with Gasteiger partial charge in [0.1, 0.15) is 5.82 Å². The number of nitrogens with one attached hydrogen (secondary N) is 1. The van der Waals surface area contributed by atoms with Gasteiger partial charge in [-0.25, -0.2) is 4.39 Å². The normalized spacial score (nSPS) is 10.5. The quantitative estimate of drug-likeness (QED) is 0.553. The Morgan fingerprint density at radius 2 is 1.96 bits per heavy atom. The SMILES string of the molecule is Cc1cc([N+](=O)[O-])ccc1NC(=O)Cc1cc(-c2ccc(F)cc2)on1. The summed E-state index contributed by atoms with van der Waals surface area (Å²) in [6.45, 7) is 1.67. The first-order valence-corrected chi connectivity index (χ1v) is 7.69. The highest BCUT2D eigenvalue weighted by Crippen LogP contribution is 2.23. The number of aryl methyl sites for hydroxylation is 1. The molecule has 0 bridgehead atoms. The van der Waals surface area contributed by atoms with Crippen LogP contribution in [0, 0.1) is 22.9 Å². The molecule has 1 heterocycles. The zero-order chi connectivity index (χ0) is 18.7. The van der Waals surface area contributed by atoms with Gasteiger partial charge in [0.05, 0.1) is 17.0 Å². The van der Waals surface area contributed by atoms with Crippen LogP contribution >= 0.6 is 0 Å². The van der Waals surface area contributed by atoms with Crippen LogP contribution in [-0.2, 0) is 11.2 Å². The first-order valence-electron chi connectivity index (χ1n) is 7.69. The van der Waals surface area contributed by atoms with Crippen LogP contribution in [0.4, 0.5) is 15.8 Å². The molecule has 1 N–H and O–H groups in total. The molecule has 0 aliphatic rings. The monoisotopic (exact) mass is 355 g/mol. The van der Waals surface area contributed by atoms with Gasteiger partial charge in [0.15, 0.2) is 5.76 Å². The molecule has 0 radical (unpaired) electrons. The molecule has 0 unspecified atom stereocenters. The molecule has 0 atom stereocenters. The van der Waals surface area contributed by atoms with E-state index in [0.717, 1.165) is 0 Å². The number of hydrogen-bond acceptors (Lipinski definition) is 5. The van der Waals surface area contributed by atoms with E-state index in [1.54, 1.807) is 25.1 Å². The highest BCUT2D eigenvalue weighted by molar-refractivity contribution is 5.93. The van der Waals surface area contributed by atoms with Crippen molar-refractivity contribution < 1.29 is 18.6 Å². The number of rotatable bonds is 5. The van der Waals surface area contributed by atoms with Crippen molar-refractivity contribution in [3.63, 3.8) is 0 Å². The minimum absolute atomic E-state index is 0.0267. The summed E-state index contributed by atoms with van der Waals surface area (Å²) in [5.41, 5.74) is 2.10. The van der Waals surface area contributed by atoms with Crippen LogP contribution < -0.4 is 5.32 Å². The summed E-state index contributed by atoms with van der Waals surface area (Å²) in [5.74, 6) is -0.258. The molecule has 132 valence electrons. The molecule has 0 spiro atoms. The number of hydrogen-bond donors (Lipinski definition) is 1. The number of anilines is 1. The minimum Gasteiger partial charge on any atom is -0.356 e. The van der Waals surface area contributed by atoms with Crippen LogP contribution in [0.2, 0.25) is 0 Å². The van der Waals surface area contributed by atoms with Crippen LogP contribution in [-0.4, -0.2) is 16.0 Å². The fraction of sp³-hybridized carbons (Fsp3) is 0.111. The van der Waals surface area contributed by atoms with Crippen LogP contribution in [0.5, 0.6) is 0 Å². The molecule has 1 aromatic heterocycles. The number of halogens is 1. The Bertz CT molecular complexity index is 967. The Morgan fingerprint density at radius 3 is 2.62 bits per heavy atom. The van der Waals surface area contributed by atoms with Crippen molar-refractivity contribution in [1.29, 1.82) is 0 Å². The van der Waals surface area contributed by atoms with E-state index in [9.17, 15) is 19.3 Å². The molecule has 8 heteroatoms.